The molecule has 0 radical (unpaired) electrons. The summed E-state index contributed by atoms with van der Waals surface area (Å²) in [6.45, 7) is 3.09. The van der Waals surface area contributed by atoms with Crippen LogP contribution < -0.4 is 0 Å². The number of halogens is 1. The van der Waals surface area contributed by atoms with Crippen LogP contribution in [-0.4, -0.2) is 22.9 Å². The van der Waals surface area contributed by atoms with Crippen LogP contribution in [0.3, 0.4) is 0 Å². The zero-order valence-electron chi connectivity index (χ0n) is 10.2. The third-order valence-corrected chi connectivity index (χ3v) is 5.54. The maximum absolute atomic E-state index is 5.72. The van der Waals surface area contributed by atoms with Gasteiger partial charge in [0.15, 0.2) is 0 Å². The van der Waals surface area contributed by atoms with Gasteiger partial charge in [-0.1, -0.05) is 22.9 Å². The Morgan fingerprint density at radius 2 is 2.35 bits per heavy atom. The second-order valence-corrected chi connectivity index (χ2v) is 6.64. The highest BCUT2D eigenvalue weighted by Crippen LogP contribution is 2.29. The summed E-state index contributed by atoms with van der Waals surface area (Å²) >= 11 is 5.34. The summed E-state index contributed by atoms with van der Waals surface area (Å²) in [5.74, 6) is 0. The Balaban J connectivity index is 1.80. The molecule has 0 aromatic carbocycles. The number of hydrogen-bond donors (Lipinski definition) is 0. The predicted molar refractivity (Wildman–Crippen MR) is 73.8 cm³/mol. The average Bonchev–Trinajstić information content (AvgIpc) is 2.85. The van der Waals surface area contributed by atoms with E-state index in [1.807, 2.05) is 0 Å². The minimum absolute atomic E-state index is 0.361. The van der Waals surface area contributed by atoms with Gasteiger partial charge in [-0.15, -0.1) is 21.5 Å². The van der Waals surface area contributed by atoms with Gasteiger partial charge in [0, 0.05) is 13.0 Å². The van der Waals surface area contributed by atoms with E-state index in [-0.39, 0.29) is 0 Å². The molecule has 2 unspecified atom stereocenters. The van der Waals surface area contributed by atoms with Crippen molar-refractivity contribution >= 4 is 27.3 Å². The fourth-order valence-corrected chi connectivity index (χ4v) is 3.28. The van der Waals surface area contributed by atoms with E-state index in [9.17, 15) is 0 Å². The number of alkyl halides is 1. The highest BCUT2D eigenvalue weighted by molar-refractivity contribution is 9.09. The largest absolute Gasteiger partial charge is 0.378 e. The smallest absolute Gasteiger partial charge is 0.131 e. The van der Waals surface area contributed by atoms with Gasteiger partial charge < -0.3 is 4.74 Å². The van der Waals surface area contributed by atoms with Crippen LogP contribution in [0.5, 0.6) is 0 Å². The van der Waals surface area contributed by atoms with Crippen molar-refractivity contribution in [1.29, 1.82) is 0 Å². The lowest BCUT2D eigenvalue weighted by molar-refractivity contribution is 0.0115. The molecule has 0 spiro atoms. The molecule has 1 aliphatic rings. The lowest BCUT2D eigenvalue weighted by Crippen LogP contribution is -2.19. The molecule has 0 N–H and O–H groups in total. The van der Waals surface area contributed by atoms with Gasteiger partial charge in [-0.05, 0) is 32.1 Å². The molecule has 1 saturated heterocycles. The fraction of sp³-hybridized carbons (Fsp3) is 0.833. The summed E-state index contributed by atoms with van der Waals surface area (Å²) in [5, 5.41) is 10.7. The summed E-state index contributed by atoms with van der Waals surface area (Å²) in [6.07, 6.45) is 7.34. The van der Waals surface area contributed by atoms with Crippen molar-refractivity contribution in [1.82, 2.24) is 10.2 Å². The van der Waals surface area contributed by atoms with E-state index in [4.69, 9.17) is 4.74 Å². The third-order valence-electron chi connectivity index (χ3n) is 3.06. The molecular weight excluding hydrogens is 300 g/mol. The van der Waals surface area contributed by atoms with E-state index in [1.54, 1.807) is 11.3 Å². The first-order valence-corrected chi connectivity index (χ1v) is 8.10. The molecule has 0 saturated carbocycles. The Morgan fingerprint density at radius 3 is 3.06 bits per heavy atom. The molecule has 1 aromatic rings. The van der Waals surface area contributed by atoms with Crippen LogP contribution in [0, 0.1) is 0 Å². The normalized spacial score (nSPS) is 22.6. The van der Waals surface area contributed by atoms with E-state index in [1.165, 1.54) is 19.3 Å². The van der Waals surface area contributed by atoms with Crippen molar-refractivity contribution in [2.75, 3.05) is 6.61 Å². The summed E-state index contributed by atoms with van der Waals surface area (Å²) < 4.78 is 5.72. The first-order chi connectivity index (χ1) is 8.29. The van der Waals surface area contributed by atoms with E-state index in [0.29, 0.717) is 10.9 Å². The molecule has 1 aromatic heterocycles. The lowest BCUT2D eigenvalue weighted by Gasteiger charge is -2.21. The Morgan fingerprint density at radius 1 is 1.47 bits per heavy atom. The molecule has 0 amide bonds. The number of hydrogen-bond acceptors (Lipinski definition) is 4. The number of aromatic nitrogens is 2. The summed E-state index contributed by atoms with van der Waals surface area (Å²) in [4.78, 5) is 0.361. The van der Waals surface area contributed by atoms with Crippen molar-refractivity contribution in [2.45, 2.75) is 56.4 Å². The van der Waals surface area contributed by atoms with Gasteiger partial charge in [-0.25, -0.2) is 0 Å². The van der Waals surface area contributed by atoms with Gasteiger partial charge in [0.05, 0.1) is 10.9 Å². The maximum Gasteiger partial charge on any atom is 0.131 e. The zero-order valence-corrected chi connectivity index (χ0v) is 12.6. The Hall–Kier alpha value is -0.0000000000000000555. The van der Waals surface area contributed by atoms with E-state index >= 15 is 0 Å². The van der Waals surface area contributed by atoms with Gasteiger partial charge >= 0.3 is 0 Å². The van der Waals surface area contributed by atoms with Crippen LogP contribution in [0.15, 0.2) is 0 Å². The Bertz CT molecular complexity index is 339. The maximum atomic E-state index is 5.72. The van der Waals surface area contributed by atoms with Gasteiger partial charge in [0.2, 0.25) is 0 Å². The summed E-state index contributed by atoms with van der Waals surface area (Å²) in [5.41, 5.74) is 0. The molecule has 96 valence electrons. The van der Waals surface area contributed by atoms with E-state index in [2.05, 4.69) is 33.1 Å². The predicted octanol–water partition coefficient (Wildman–Crippen LogP) is 3.89. The van der Waals surface area contributed by atoms with E-state index in [0.717, 1.165) is 35.9 Å². The zero-order chi connectivity index (χ0) is 12.1. The van der Waals surface area contributed by atoms with Crippen LogP contribution in [0.4, 0.5) is 0 Å². The number of ether oxygens (including phenoxy) is 1. The first-order valence-electron chi connectivity index (χ1n) is 6.37. The van der Waals surface area contributed by atoms with E-state index < -0.39 is 0 Å². The fourth-order valence-electron chi connectivity index (χ4n) is 1.99. The van der Waals surface area contributed by atoms with Crippen molar-refractivity contribution in [3.8, 4) is 0 Å². The molecule has 1 fully saturated rings. The number of rotatable bonds is 5. The standard InChI is InChI=1S/C12H19BrN2OS/c1-2-10(13)12-15-14-11(17-12)7-6-9-5-3-4-8-16-9/h9-10H,2-8H2,1H3. The first kappa shape index (κ1) is 13.4. The minimum atomic E-state index is 0.361. The van der Waals surface area contributed by atoms with Crippen LogP contribution >= 0.6 is 27.3 Å². The summed E-state index contributed by atoms with van der Waals surface area (Å²) in [7, 11) is 0. The minimum Gasteiger partial charge on any atom is -0.378 e. The lowest BCUT2D eigenvalue weighted by atomic mass is 10.1. The highest BCUT2D eigenvalue weighted by Gasteiger charge is 2.16. The van der Waals surface area contributed by atoms with Crippen molar-refractivity contribution in [3.05, 3.63) is 10.0 Å². The second-order valence-electron chi connectivity index (χ2n) is 4.44. The van der Waals surface area contributed by atoms with Crippen LogP contribution in [0.25, 0.3) is 0 Å². The Labute approximate surface area is 115 Å². The SMILES string of the molecule is CCC(Br)c1nnc(CCC2CCCCO2)s1. The molecular formula is C12H19BrN2OS. The monoisotopic (exact) mass is 318 g/mol. The number of aryl methyl sites for hydroxylation is 1. The molecule has 0 bridgehead atoms. The molecule has 0 aliphatic carbocycles. The number of nitrogens with zero attached hydrogens (tertiary/aromatic N) is 2. The van der Waals surface area contributed by atoms with Crippen LogP contribution in [-0.2, 0) is 11.2 Å². The molecule has 3 nitrogen and oxygen atoms in total. The average molecular weight is 319 g/mol. The molecule has 5 heteroatoms. The summed E-state index contributed by atoms with van der Waals surface area (Å²) in [6, 6.07) is 0. The quantitative estimate of drug-likeness (QED) is 0.773. The molecule has 1 aliphatic heterocycles. The van der Waals surface area contributed by atoms with Crippen molar-refractivity contribution in [2.24, 2.45) is 0 Å². The van der Waals surface area contributed by atoms with Gasteiger partial charge in [0.25, 0.3) is 0 Å². The van der Waals surface area contributed by atoms with Crippen molar-refractivity contribution in [3.63, 3.8) is 0 Å². The van der Waals surface area contributed by atoms with Crippen LogP contribution in [0.1, 0.15) is 53.9 Å². The molecule has 17 heavy (non-hydrogen) atoms. The highest BCUT2D eigenvalue weighted by atomic mass is 79.9. The van der Waals surface area contributed by atoms with Gasteiger partial charge in [-0.3, -0.25) is 0 Å². The van der Waals surface area contributed by atoms with Crippen LogP contribution in [0.2, 0.25) is 0 Å². The van der Waals surface area contributed by atoms with Gasteiger partial charge in [0.1, 0.15) is 10.0 Å². The third kappa shape index (κ3) is 4.00. The molecule has 2 rings (SSSR count). The topological polar surface area (TPSA) is 35.0 Å². The van der Waals surface area contributed by atoms with Crippen molar-refractivity contribution < 1.29 is 4.74 Å². The van der Waals surface area contributed by atoms with Gasteiger partial charge in [-0.2, -0.15) is 0 Å². The molecule has 2 heterocycles. The molecule has 2 atom stereocenters. The Kier molecular flexibility index (Phi) is 5.38. The second kappa shape index (κ2) is 6.81.